The lowest BCUT2D eigenvalue weighted by atomic mass is 10.3. The Morgan fingerprint density at radius 1 is 1.58 bits per heavy atom. The summed E-state index contributed by atoms with van der Waals surface area (Å²) in [6.45, 7) is 2.03. The first kappa shape index (κ1) is 9.42. The molecule has 1 saturated heterocycles. The Bertz CT molecular complexity index is 180. The topological polar surface area (TPSA) is 27.1 Å². The molecule has 4 heteroatoms. The first-order chi connectivity index (χ1) is 5.55. The molecule has 70 valence electrons. The minimum atomic E-state index is -2.57. The van der Waals surface area contributed by atoms with Crippen molar-refractivity contribution in [2.75, 3.05) is 13.1 Å². The zero-order valence-electron chi connectivity index (χ0n) is 7.24. The summed E-state index contributed by atoms with van der Waals surface area (Å²) >= 11 is 0. The molecular formula is C8H14F2N2. The minimum absolute atomic E-state index is 0.0981. The highest BCUT2D eigenvalue weighted by Gasteiger charge is 2.38. The zero-order valence-corrected chi connectivity index (χ0v) is 7.24. The van der Waals surface area contributed by atoms with Crippen molar-refractivity contribution in [3.05, 3.63) is 0 Å². The van der Waals surface area contributed by atoms with Crippen molar-refractivity contribution < 1.29 is 8.78 Å². The number of hydrogen-bond donors (Lipinski definition) is 1. The van der Waals surface area contributed by atoms with E-state index in [0.717, 1.165) is 6.42 Å². The van der Waals surface area contributed by atoms with Gasteiger partial charge in [0, 0.05) is 19.4 Å². The van der Waals surface area contributed by atoms with Crippen molar-refractivity contribution in [3.8, 4) is 0 Å². The fraction of sp³-hybridized carbons (Fsp3) is 0.875. The van der Waals surface area contributed by atoms with Gasteiger partial charge in [-0.3, -0.25) is 5.41 Å². The highest BCUT2D eigenvalue weighted by molar-refractivity contribution is 5.79. The van der Waals surface area contributed by atoms with Crippen LogP contribution in [0.1, 0.15) is 26.2 Å². The third-order valence-corrected chi connectivity index (χ3v) is 2.04. The molecule has 0 aromatic heterocycles. The molecule has 0 radical (unpaired) electrons. The third kappa shape index (κ3) is 2.16. The molecule has 0 aromatic rings. The zero-order chi connectivity index (χ0) is 9.19. The molecule has 12 heavy (non-hydrogen) atoms. The van der Waals surface area contributed by atoms with Crippen LogP contribution in [0.3, 0.4) is 0 Å². The van der Waals surface area contributed by atoms with Gasteiger partial charge in [0.2, 0.25) is 0 Å². The third-order valence-electron chi connectivity index (χ3n) is 2.04. The van der Waals surface area contributed by atoms with E-state index in [-0.39, 0.29) is 13.0 Å². The van der Waals surface area contributed by atoms with Crippen LogP contribution in [-0.2, 0) is 0 Å². The van der Waals surface area contributed by atoms with Crippen LogP contribution >= 0.6 is 0 Å². The molecule has 0 spiro atoms. The van der Waals surface area contributed by atoms with Crippen LogP contribution in [0, 0.1) is 5.41 Å². The van der Waals surface area contributed by atoms with Crippen molar-refractivity contribution in [2.24, 2.45) is 0 Å². The van der Waals surface area contributed by atoms with Gasteiger partial charge in [-0.2, -0.15) is 0 Å². The van der Waals surface area contributed by atoms with Gasteiger partial charge in [0.15, 0.2) is 0 Å². The summed E-state index contributed by atoms with van der Waals surface area (Å²) in [6, 6.07) is 0. The van der Waals surface area contributed by atoms with E-state index in [4.69, 9.17) is 5.41 Å². The van der Waals surface area contributed by atoms with Crippen LogP contribution in [0.2, 0.25) is 0 Å². The smallest absolute Gasteiger partial charge is 0.266 e. The normalized spacial score (nSPS) is 21.4. The molecule has 0 amide bonds. The van der Waals surface area contributed by atoms with Crippen molar-refractivity contribution in [1.82, 2.24) is 4.90 Å². The minimum Gasteiger partial charge on any atom is -0.354 e. The second kappa shape index (κ2) is 3.37. The molecule has 0 bridgehead atoms. The summed E-state index contributed by atoms with van der Waals surface area (Å²) in [6.07, 6.45) is 1.36. The summed E-state index contributed by atoms with van der Waals surface area (Å²) in [5.41, 5.74) is 0. The molecule has 1 heterocycles. The summed E-state index contributed by atoms with van der Waals surface area (Å²) < 4.78 is 25.3. The van der Waals surface area contributed by atoms with E-state index in [1.165, 1.54) is 4.90 Å². The first-order valence-electron chi connectivity index (χ1n) is 4.25. The number of hydrogen-bond acceptors (Lipinski definition) is 1. The second-order valence-corrected chi connectivity index (χ2v) is 3.22. The van der Waals surface area contributed by atoms with Crippen LogP contribution < -0.4 is 0 Å². The molecule has 0 aliphatic carbocycles. The van der Waals surface area contributed by atoms with E-state index in [2.05, 4.69) is 0 Å². The summed E-state index contributed by atoms with van der Waals surface area (Å²) in [7, 11) is 0. The maximum atomic E-state index is 12.7. The molecule has 0 unspecified atom stereocenters. The lowest BCUT2D eigenvalue weighted by Gasteiger charge is -2.18. The Kier molecular flexibility index (Phi) is 2.65. The number of alkyl halides is 2. The summed E-state index contributed by atoms with van der Waals surface area (Å²) in [5.74, 6) is -2.21. The first-order valence-corrected chi connectivity index (χ1v) is 4.25. The second-order valence-electron chi connectivity index (χ2n) is 3.22. The Labute approximate surface area is 71.1 Å². The monoisotopic (exact) mass is 176 g/mol. The van der Waals surface area contributed by atoms with E-state index in [0.29, 0.717) is 18.8 Å². The molecule has 1 N–H and O–H groups in total. The van der Waals surface area contributed by atoms with Crippen molar-refractivity contribution in [2.45, 2.75) is 32.1 Å². The predicted molar refractivity (Wildman–Crippen MR) is 43.8 cm³/mol. The van der Waals surface area contributed by atoms with Gasteiger partial charge in [0.05, 0.1) is 12.4 Å². The Morgan fingerprint density at radius 3 is 2.67 bits per heavy atom. The van der Waals surface area contributed by atoms with Gasteiger partial charge < -0.3 is 4.90 Å². The van der Waals surface area contributed by atoms with E-state index in [1.54, 1.807) is 0 Å². The maximum absolute atomic E-state index is 12.7. The van der Waals surface area contributed by atoms with Crippen LogP contribution in [0.4, 0.5) is 8.78 Å². The number of amidine groups is 1. The summed E-state index contributed by atoms with van der Waals surface area (Å²) in [4.78, 5) is 1.48. The molecule has 0 saturated carbocycles. The van der Waals surface area contributed by atoms with Crippen molar-refractivity contribution >= 4 is 5.84 Å². The molecule has 1 rings (SSSR count). The molecule has 0 aromatic carbocycles. The largest absolute Gasteiger partial charge is 0.354 e. The Balaban J connectivity index is 2.41. The molecular weight excluding hydrogens is 162 g/mol. The van der Waals surface area contributed by atoms with Crippen molar-refractivity contribution in [3.63, 3.8) is 0 Å². The molecule has 1 aliphatic heterocycles. The average molecular weight is 176 g/mol. The van der Waals surface area contributed by atoms with Gasteiger partial charge >= 0.3 is 0 Å². The number of likely N-dealkylation sites (tertiary alicyclic amines) is 1. The summed E-state index contributed by atoms with van der Waals surface area (Å²) in [5, 5.41) is 7.46. The Morgan fingerprint density at radius 2 is 2.25 bits per heavy atom. The quantitative estimate of drug-likeness (QED) is 0.506. The number of halogens is 2. The van der Waals surface area contributed by atoms with Crippen LogP contribution in [-0.4, -0.2) is 29.7 Å². The number of nitrogens with zero attached hydrogens (tertiary/aromatic N) is 1. The van der Waals surface area contributed by atoms with Crippen LogP contribution in [0.5, 0.6) is 0 Å². The lowest BCUT2D eigenvalue weighted by Crippen LogP contribution is -2.30. The molecule has 1 fully saturated rings. The number of nitrogens with one attached hydrogen (secondary N) is 1. The molecule has 1 aliphatic rings. The average Bonchev–Trinajstić information content (AvgIpc) is 2.31. The lowest BCUT2D eigenvalue weighted by molar-refractivity contribution is 0.0174. The van der Waals surface area contributed by atoms with Crippen LogP contribution in [0.15, 0.2) is 0 Å². The van der Waals surface area contributed by atoms with Gasteiger partial charge in [-0.25, -0.2) is 8.78 Å². The van der Waals surface area contributed by atoms with Gasteiger partial charge in [-0.05, 0) is 6.42 Å². The van der Waals surface area contributed by atoms with E-state index >= 15 is 0 Å². The van der Waals surface area contributed by atoms with Gasteiger partial charge in [0.25, 0.3) is 5.92 Å². The van der Waals surface area contributed by atoms with E-state index in [1.807, 2.05) is 6.92 Å². The standard InChI is InChI=1S/C8H14F2N2/c1-2-3-7(11)12-5-4-8(9,10)6-12/h11H,2-6H2,1H3. The molecule has 0 atom stereocenters. The van der Waals surface area contributed by atoms with Crippen molar-refractivity contribution in [1.29, 1.82) is 5.41 Å². The maximum Gasteiger partial charge on any atom is 0.266 e. The highest BCUT2D eigenvalue weighted by Crippen LogP contribution is 2.27. The van der Waals surface area contributed by atoms with E-state index < -0.39 is 5.92 Å². The predicted octanol–water partition coefficient (Wildman–Crippen LogP) is 2.10. The van der Waals surface area contributed by atoms with Crippen LogP contribution in [0.25, 0.3) is 0 Å². The van der Waals surface area contributed by atoms with E-state index in [9.17, 15) is 8.78 Å². The molecule has 2 nitrogen and oxygen atoms in total. The fourth-order valence-corrected chi connectivity index (χ4v) is 1.36. The fourth-order valence-electron chi connectivity index (χ4n) is 1.36. The number of rotatable bonds is 2. The SMILES string of the molecule is CCCC(=N)N1CCC(F)(F)C1. The Hall–Kier alpha value is -0.670. The highest BCUT2D eigenvalue weighted by atomic mass is 19.3. The van der Waals surface area contributed by atoms with Gasteiger partial charge in [-0.1, -0.05) is 6.92 Å². The van der Waals surface area contributed by atoms with Gasteiger partial charge in [-0.15, -0.1) is 0 Å². The van der Waals surface area contributed by atoms with Gasteiger partial charge in [0.1, 0.15) is 0 Å².